The molecule has 1 aliphatic rings. The molecule has 0 aliphatic carbocycles. The molecule has 1 N–H and O–H groups in total. The van der Waals surface area contributed by atoms with Crippen LogP contribution in [-0.4, -0.2) is 35.0 Å². The Balaban J connectivity index is 1.69. The Hall–Kier alpha value is -1.17. The zero-order valence-corrected chi connectivity index (χ0v) is 14.2. The summed E-state index contributed by atoms with van der Waals surface area (Å²) in [6.07, 6.45) is 2.93. The lowest BCUT2D eigenvalue weighted by molar-refractivity contribution is 0.123. The molecule has 0 bridgehead atoms. The maximum atomic E-state index is 9.57. The predicted octanol–water partition coefficient (Wildman–Crippen LogP) is 3.38. The van der Waals surface area contributed by atoms with Crippen LogP contribution in [0, 0.1) is 5.41 Å². The topological polar surface area (TPSA) is 49.2 Å². The van der Waals surface area contributed by atoms with Crippen LogP contribution in [0.3, 0.4) is 0 Å². The van der Waals surface area contributed by atoms with Gasteiger partial charge in [-0.25, -0.2) is 0 Å². The quantitative estimate of drug-likeness (QED) is 0.929. The maximum absolute atomic E-state index is 9.57. The van der Waals surface area contributed by atoms with Gasteiger partial charge < -0.3 is 10.0 Å². The fraction of sp³-hybridized carbons (Fsp3) is 0.500. The lowest BCUT2D eigenvalue weighted by Gasteiger charge is -2.38. The molecule has 22 heavy (non-hydrogen) atoms. The first-order valence-corrected chi connectivity index (χ1v) is 8.70. The summed E-state index contributed by atoms with van der Waals surface area (Å²) in [7, 11) is 0. The largest absolute Gasteiger partial charge is 0.396 e. The van der Waals surface area contributed by atoms with Crippen molar-refractivity contribution in [1.82, 2.24) is 10.2 Å². The monoisotopic (exact) mass is 337 g/mol. The second-order valence-corrected chi connectivity index (χ2v) is 7.75. The fourth-order valence-corrected chi connectivity index (χ4v) is 3.85. The van der Waals surface area contributed by atoms with Crippen molar-refractivity contribution in [2.75, 3.05) is 24.6 Å². The van der Waals surface area contributed by atoms with Gasteiger partial charge in [0.2, 0.25) is 5.13 Å². The number of hydrogen-bond donors (Lipinski definition) is 1. The minimum Gasteiger partial charge on any atom is -0.396 e. The number of hydrogen-bond acceptors (Lipinski definition) is 5. The van der Waals surface area contributed by atoms with Gasteiger partial charge in [-0.2, -0.15) is 0 Å². The number of aliphatic hydroxyl groups excluding tert-OH is 1. The second-order valence-electron chi connectivity index (χ2n) is 6.28. The van der Waals surface area contributed by atoms with Crippen molar-refractivity contribution in [3.63, 3.8) is 0 Å². The van der Waals surface area contributed by atoms with Gasteiger partial charge in [0.1, 0.15) is 5.01 Å². The van der Waals surface area contributed by atoms with Crippen molar-refractivity contribution in [3.05, 3.63) is 39.9 Å². The highest BCUT2D eigenvalue weighted by Crippen LogP contribution is 2.33. The number of rotatable bonds is 4. The van der Waals surface area contributed by atoms with Crippen LogP contribution in [0.4, 0.5) is 5.13 Å². The average Bonchev–Trinajstić information content (AvgIpc) is 2.98. The summed E-state index contributed by atoms with van der Waals surface area (Å²) in [5, 5.41) is 20.9. The fourth-order valence-electron chi connectivity index (χ4n) is 2.83. The Morgan fingerprint density at radius 1 is 1.32 bits per heavy atom. The van der Waals surface area contributed by atoms with Crippen molar-refractivity contribution in [2.24, 2.45) is 5.41 Å². The average molecular weight is 338 g/mol. The van der Waals surface area contributed by atoms with Crippen LogP contribution in [-0.2, 0) is 6.42 Å². The summed E-state index contributed by atoms with van der Waals surface area (Å²) < 4.78 is 0. The van der Waals surface area contributed by atoms with Crippen LogP contribution in [0.5, 0.6) is 0 Å². The SMILES string of the molecule is CC1(CO)CCCN(c2nnc(Cc3ccc(Cl)cc3)s2)C1. The zero-order chi connectivity index (χ0) is 15.6. The van der Waals surface area contributed by atoms with Gasteiger partial charge in [0.05, 0.1) is 6.61 Å². The van der Waals surface area contributed by atoms with Gasteiger partial charge in [-0.3, -0.25) is 0 Å². The van der Waals surface area contributed by atoms with E-state index < -0.39 is 0 Å². The highest BCUT2D eigenvalue weighted by atomic mass is 35.5. The van der Waals surface area contributed by atoms with Gasteiger partial charge in [-0.05, 0) is 30.5 Å². The van der Waals surface area contributed by atoms with Crippen LogP contribution in [0.25, 0.3) is 0 Å². The molecule has 0 radical (unpaired) electrons. The molecule has 0 amide bonds. The molecule has 0 spiro atoms. The molecule has 1 aromatic carbocycles. The van der Waals surface area contributed by atoms with E-state index in [1.165, 1.54) is 5.56 Å². The Morgan fingerprint density at radius 2 is 2.09 bits per heavy atom. The number of anilines is 1. The Bertz CT molecular complexity index is 631. The molecule has 0 saturated carbocycles. The smallest absolute Gasteiger partial charge is 0.208 e. The van der Waals surface area contributed by atoms with Gasteiger partial charge >= 0.3 is 0 Å². The molecular formula is C16H20ClN3OS. The number of aliphatic hydroxyl groups is 1. The van der Waals surface area contributed by atoms with Crippen LogP contribution in [0.1, 0.15) is 30.3 Å². The van der Waals surface area contributed by atoms with E-state index in [4.69, 9.17) is 11.6 Å². The highest BCUT2D eigenvalue weighted by Gasteiger charge is 2.31. The molecule has 6 heteroatoms. The van der Waals surface area contributed by atoms with Gasteiger partial charge in [-0.15, -0.1) is 10.2 Å². The lowest BCUT2D eigenvalue weighted by atomic mass is 9.83. The van der Waals surface area contributed by atoms with Crippen LogP contribution in [0.15, 0.2) is 24.3 Å². The molecule has 2 aromatic rings. The molecule has 1 saturated heterocycles. The predicted molar refractivity (Wildman–Crippen MR) is 90.8 cm³/mol. The van der Waals surface area contributed by atoms with Gasteiger partial charge in [0.25, 0.3) is 0 Å². The molecule has 1 atom stereocenters. The van der Waals surface area contributed by atoms with Crippen molar-refractivity contribution in [3.8, 4) is 0 Å². The van der Waals surface area contributed by atoms with Gasteiger partial charge in [0.15, 0.2) is 0 Å². The highest BCUT2D eigenvalue weighted by molar-refractivity contribution is 7.15. The third-order valence-electron chi connectivity index (χ3n) is 4.16. The van der Waals surface area contributed by atoms with Crippen LogP contribution < -0.4 is 4.90 Å². The first-order valence-electron chi connectivity index (χ1n) is 7.51. The molecule has 3 rings (SSSR count). The minimum atomic E-state index is -0.0275. The third kappa shape index (κ3) is 3.59. The van der Waals surface area contributed by atoms with Crippen molar-refractivity contribution < 1.29 is 5.11 Å². The number of halogens is 1. The number of aromatic nitrogens is 2. The Kier molecular flexibility index (Phi) is 4.66. The van der Waals surface area contributed by atoms with E-state index in [-0.39, 0.29) is 12.0 Å². The first kappa shape index (κ1) is 15.7. The van der Waals surface area contributed by atoms with E-state index >= 15 is 0 Å². The van der Waals surface area contributed by atoms with Crippen LogP contribution in [0.2, 0.25) is 5.02 Å². The summed E-state index contributed by atoms with van der Waals surface area (Å²) in [5.74, 6) is 0. The molecule has 2 heterocycles. The molecule has 1 aromatic heterocycles. The molecular weight excluding hydrogens is 318 g/mol. The summed E-state index contributed by atoms with van der Waals surface area (Å²) >= 11 is 7.55. The number of benzene rings is 1. The van der Waals surface area contributed by atoms with Gasteiger partial charge in [-0.1, -0.05) is 42.0 Å². The molecule has 4 nitrogen and oxygen atoms in total. The lowest BCUT2D eigenvalue weighted by Crippen LogP contribution is -2.43. The zero-order valence-electron chi connectivity index (χ0n) is 12.6. The van der Waals surface area contributed by atoms with Crippen molar-refractivity contribution in [2.45, 2.75) is 26.2 Å². The normalized spacial score (nSPS) is 22.0. The summed E-state index contributed by atoms with van der Waals surface area (Å²) in [6.45, 7) is 4.19. The first-order chi connectivity index (χ1) is 10.6. The van der Waals surface area contributed by atoms with Crippen molar-refractivity contribution >= 4 is 28.1 Å². The van der Waals surface area contributed by atoms with E-state index in [0.29, 0.717) is 0 Å². The van der Waals surface area contributed by atoms with E-state index in [1.54, 1.807) is 11.3 Å². The number of piperidine rings is 1. The summed E-state index contributed by atoms with van der Waals surface area (Å²) in [4.78, 5) is 2.25. The molecule has 1 fully saturated rings. The van der Waals surface area contributed by atoms with E-state index in [1.807, 2.05) is 24.3 Å². The maximum Gasteiger partial charge on any atom is 0.208 e. The van der Waals surface area contributed by atoms with Crippen molar-refractivity contribution in [1.29, 1.82) is 0 Å². The second kappa shape index (κ2) is 6.52. The van der Waals surface area contributed by atoms with Crippen LogP contribution >= 0.6 is 22.9 Å². The van der Waals surface area contributed by atoms with E-state index in [0.717, 1.165) is 47.5 Å². The third-order valence-corrected chi connectivity index (χ3v) is 5.39. The van der Waals surface area contributed by atoms with Gasteiger partial charge in [0, 0.05) is 29.9 Å². The minimum absolute atomic E-state index is 0.0275. The standard InChI is InChI=1S/C16H20ClN3OS/c1-16(11-21)7-2-8-20(10-16)15-19-18-14(22-15)9-12-3-5-13(17)6-4-12/h3-6,21H,2,7-11H2,1H3. The summed E-state index contributed by atoms with van der Waals surface area (Å²) in [5.41, 5.74) is 1.16. The molecule has 1 unspecified atom stereocenters. The summed E-state index contributed by atoms with van der Waals surface area (Å²) in [6, 6.07) is 7.84. The van der Waals surface area contributed by atoms with E-state index in [9.17, 15) is 5.11 Å². The molecule has 1 aliphatic heterocycles. The van der Waals surface area contributed by atoms with E-state index in [2.05, 4.69) is 22.0 Å². The molecule has 118 valence electrons. The Morgan fingerprint density at radius 3 is 2.82 bits per heavy atom. The Labute approximate surface area is 139 Å². The number of nitrogens with zero attached hydrogens (tertiary/aromatic N) is 3.